The van der Waals surface area contributed by atoms with Crippen molar-refractivity contribution < 1.29 is 9.90 Å². The number of hydrogen-bond donors (Lipinski definition) is 1. The fourth-order valence-electron chi connectivity index (χ4n) is 2.82. The molecule has 2 rings (SSSR count). The molecule has 1 N–H and O–H groups in total. The van der Waals surface area contributed by atoms with Gasteiger partial charge in [0.05, 0.1) is 5.41 Å². The number of carbonyl (C=O) groups is 1. The lowest BCUT2D eigenvalue weighted by atomic mass is 9.82. The number of piperidine rings is 1. The van der Waals surface area contributed by atoms with Gasteiger partial charge in [-0.3, -0.25) is 4.79 Å². The van der Waals surface area contributed by atoms with Crippen molar-refractivity contribution in [2.45, 2.75) is 19.3 Å². The lowest BCUT2D eigenvalue weighted by molar-refractivity contribution is -0.151. The highest BCUT2D eigenvalue weighted by molar-refractivity contribution is 5.75. The number of rotatable bonds is 1. The molecule has 68 valence electrons. The van der Waals surface area contributed by atoms with Crippen LogP contribution in [0.5, 0.6) is 0 Å². The van der Waals surface area contributed by atoms with E-state index in [1.807, 2.05) is 7.05 Å². The molecule has 1 saturated carbocycles. The van der Waals surface area contributed by atoms with Crippen LogP contribution in [0.1, 0.15) is 19.3 Å². The van der Waals surface area contributed by atoms with Crippen LogP contribution < -0.4 is 0 Å². The van der Waals surface area contributed by atoms with E-state index in [2.05, 4.69) is 4.90 Å². The smallest absolute Gasteiger partial charge is 0.310 e. The minimum atomic E-state index is -0.587. The first-order chi connectivity index (χ1) is 5.62. The summed E-state index contributed by atoms with van der Waals surface area (Å²) < 4.78 is 0. The van der Waals surface area contributed by atoms with E-state index in [4.69, 9.17) is 5.11 Å². The standard InChI is InChI=1S/C9H15NO2/c1-10-5-7-2-3-9(4-7,6-10)8(11)12/h7H,2-6H2,1H3,(H,11,12). The number of nitrogens with zero attached hydrogens (tertiary/aromatic N) is 1. The van der Waals surface area contributed by atoms with Gasteiger partial charge in [-0.1, -0.05) is 0 Å². The fourth-order valence-corrected chi connectivity index (χ4v) is 2.82. The number of carboxylic acid groups (broad SMARTS) is 1. The second kappa shape index (κ2) is 2.46. The van der Waals surface area contributed by atoms with E-state index >= 15 is 0 Å². The molecular weight excluding hydrogens is 154 g/mol. The summed E-state index contributed by atoms with van der Waals surface area (Å²) >= 11 is 0. The van der Waals surface area contributed by atoms with Gasteiger partial charge in [-0.05, 0) is 32.2 Å². The molecule has 0 amide bonds. The minimum absolute atomic E-state index is 0.391. The third-order valence-electron chi connectivity index (χ3n) is 3.31. The summed E-state index contributed by atoms with van der Waals surface area (Å²) in [5, 5.41) is 9.11. The van der Waals surface area contributed by atoms with Crippen LogP contribution in [0.25, 0.3) is 0 Å². The molecule has 12 heavy (non-hydrogen) atoms. The molecule has 2 aliphatic rings. The highest BCUT2D eigenvalue weighted by Crippen LogP contribution is 2.46. The van der Waals surface area contributed by atoms with Gasteiger partial charge in [-0.25, -0.2) is 0 Å². The first-order valence-electron chi connectivity index (χ1n) is 4.54. The maximum Gasteiger partial charge on any atom is 0.310 e. The van der Waals surface area contributed by atoms with Crippen molar-refractivity contribution in [3.8, 4) is 0 Å². The fraction of sp³-hybridized carbons (Fsp3) is 0.889. The highest BCUT2D eigenvalue weighted by Gasteiger charge is 2.49. The van der Waals surface area contributed by atoms with Gasteiger partial charge in [-0.15, -0.1) is 0 Å². The van der Waals surface area contributed by atoms with Crippen LogP contribution in [0.15, 0.2) is 0 Å². The van der Waals surface area contributed by atoms with Crippen molar-refractivity contribution in [1.82, 2.24) is 4.90 Å². The Hall–Kier alpha value is -0.570. The zero-order chi connectivity index (χ0) is 8.77. The van der Waals surface area contributed by atoms with Gasteiger partial charge in [0.15, 0.2) is 0 Å². The van der Waals surface area contributed by atoms with E-state index in [1.165, 1.54) is 0 Å². The Morgan fingerprint density at radius 1 is 1.67 bits per heavy atom. The van der Waals surface area contributed by atoms with Gasteiger partial charge >= 0.3 is 5.97 Å². The predicted octanol–water partition coefficient (Wildman–Crippen LogP) is 0.803. The summed E-state index contributed by atoms with van der Waals surface area (Å²) in [6.07, 6.45) is 2.90. The Morgan fingerprint density at radius 3 is 3.08 bits per heavy atom. The molecule has 2 fully saturated rings. The second-order valence-electron chi connectivity index (χ2n) is 4.39. The molecule has 0 spiro atoms. The Morgan fingerprint density at radius 2 is 2.42 bits per heavy atom. The largest absolute Gasteiger partial charge is 0.481 e. The van der Waals surface area contributed by atoms with E-state index in [-0.39, 0.29) is 0 Å². The quantitative estimate of drug-likeness (QED) is 0.631. The van der Waals surface area contributed by atoms with E-state index in [1.54, 1.807) is 0 Å². The Balaban J connectivity index is 2.21. The first-order valence-corrected chi connectivity index (χ1v) is 4.54. The van der Waals surface area contributed by atoms with Crippen molar-refractivity contribution in [3.63, 3.8) is 0 Å². The number of aliphatic carboxylic acids is 1. The molecule has 3 heteroatoms. The summed E-state index contributed by atoms with van der Waals surface area (Å²) in [7, 11) is 2.02. The second-order valence-corrected chi connectivity index (χ2v) is 4.39. The lowest BCUT2D eigenvalue weighted by Crippen LogP contribution is -2.44. The monoisotopic (exact) mass is 169 g/mol. The molecule has 0 aromatic heterocycles. The molecule has 1 aliphatic carbocycles. The number of fused-ring (bicyclic) bond motifs is 2. The van der Waals surface area contributed by atoms with Gasteiger partial charge in [0.25, 0.3) is 0 Å². The molecule has 2 unspecified atom stereocenters. The van der Waals surface area contributed by atoms with Crippen LogP contribution in [0.3, 0.4) is 0 Å². The third-order valence-corrected chi connectivity index (χ3v) is 3.31. The number of hydrogen-bond acceptors (Lipinski definition) is 2. The molecule has 0 aromatic rings. The molecule has 1 aliphatic heterocycles. The normalized spacial score (nSPS) is 41.6. The van der Waals surface area contributed by atoms with Gasteiger partial charge in [-0.2, -0.15) is 0 Å². The Labute approximate surface area is 72.4 Å². The topological polar surface area (TPSA) is 40.5 Å². The van der Waals surface area contributed by atoms with Crippen LogP contribution in [0, 0.1) is 11.3 Å². The molecule has 0 radical (unpaired) electrons. The minimum Gasteiger partial charge on any atom is -0.481 e. The zero-order valence-corrected chi connectivity index (χ0v) is 7.42. The summed E-state index contributed by atoms with van der Waals surface area (Å²) in [5.41, 5.74) is -0.391. The van der Waals surface area contributed by atoms with Crippen LogP contribution in [0.2, 0.25) is 0 Å². The molecular formula is C9H15NO2. The lowest BCUT2D eigenvalue weighted by Gasteiger charge is -2.35. The van der Waals surface area contributed by atoms with E-state index < -0.39 is 11.4 Å². The summed E-state index contributed by atoms with van der Waals surface area (Å²) in [6.45, 7) is 1.84. The summed E-state index contributed by atoms with van der Waals surface area (Å²) in [5.74, 6) is 0.0522. The zero-order valence-electron chi connectivity index (χ0n) is 7.42. The van der Waals surface area contributed by atoms with Crippen molar-refractivity contribution >= 4 is 5.97 Å². The van der Waals surface area contributed by atoms with Crippen molar-refractivity contribution in [2.24, 2.45) is 11.3 Å². The molecule has 0 aromatic carbocycles. The molecule has 1 heterocycles. The maximum absolute atomic E-state index is 11.1. The van der Waals surface area contributed by atoms with Crippen molar-refractivity contribution in [1.29, 1.82) is 0 Å². The van der Waals surface area contributed by atoms with Crippen LogP contribution in [0.4, 0.5) is 0 Å². The number of likely N-dealkylation sites (tertiary alicyclic amines) is 1. The van der Waals surface area contributed by atoms with Crippen molar-refractivity contribution in [2.75, 3.05) is 20.1 Å². The molecule has 3 nitrogen and oxygen atoms in total. The van der Waals surface area contributed by atoms with E-state index in [9.17, 15) is 4.79 Å². The first kappa shape index (κ1) is 8.05. The molecule has 1 saturated heterocycles. The van der Waals surface area contributed by atoms with Crippen LogP contribution >= 0.6 is 0 Å². The van der Waals surface area contributed by atoms with Gasteiger partial charge in [0, 0.05) is 13.1 Å². The third kappa shape index (κ3) is 1.04. The SMILES string of the molecule is CN1CC2CCC(C(=O)O)(C2)C1. The van der Waals surface area contributed by atoms with Gasteiger partial charge in [0.1, 0.15) is 0 Å². The average molecular weight is 169 g/mol. The highest BCUT2D eigenvalue weighted by atomic mass is 16.4. The predicted molar refractivity (Wildman–Crippen MR) is 44.9 cm³/mol. The van der Waals surface area contributed by atoms with Crippen molar-refractivity contribution in [3.05, 3.63) is 0 Å². The summed E-state index contributed by atoms with van der Waals surface area (Å²) in [4.78, 5) is 13.2. The maximum atomic E-state index is 11.1. The summed E-state index contributed by atoms with van der Waals surface area (Å²) in [6, 6.07) is 0. The van der Waals surface area contributed by atoms with Gasteiger partial charge < -0.3 is 10.0 Å². The van der Waals surface area contributed by atoms with E-state index in [0.29, 0.717) is 5.92 Å². The van der Waals surface area contributed by atoms with Crippen LogP contribution in [-0.4, -0.2) is 36.1 Å². The average Bonchev–Trinajstić information content (AvgIpc) is 2.28. The number of carboxylic acids is 1. The van der Waals surface area contributed by atoms with Crippen LogP contribution in [-0.2, 0) is 4.79 Å². The van der Waals surface area contributed by atoms with Gasteiger partial charge in [0.2, 0.25) is 0 Å². The molecule has 2 bridgehead atoms. The Bertz CT molecular complexity index is 217. The van der Waals surface area contributed by atoms with E-state index in [0.717, 1.165) is 32.4 Å². The molecule has 2 atom stereocenters. The Kier molecular flexibility index (Phi) is 1.65.